The summed E-state index contributed by atoms with van der Waals surface area (Å²) in [7, 11) is 1.50. The van der Waals surface area contributed by atoms with Crippen molar-refractivity contribution in [1.29, 1.82) is 0 Å². The topological polar surface area (TPSA) is 38.5 Å². The lowest BCUT2D eigenvalue weighted by Gasteiger charge is -2.41. The highest BCUT2D eigenvalue weighted by Crippen LogP contribution is 2.43. The van der Waals surface area contributed by atoms with Gasteiger partial charge >= 0.3 is 0 Å². The lowest BCUT2D eigenvalue weighted by Crippen LogP contribution is -2.42. The Hall–Kier alpha value is -1.13. The molecule has 110 valence electrons. The molecule has 20 heavy (non-hydrogen) atoms. The Kier molecular flexibility index (Phi) is 3.94. The first-order chi connectivity index (χ1) is 9.74. The van der Waals surface area contributed by atoms with Gasteiger partial charge in [-0.2, -0.15) is 0 Å². The van der Waals surface area contributed by atoms with Crippen molar-refractivity contribution in [1.82, 2.24) is 4.90 Å². The molecule has 1 heterocycles. The van der Waals surface area contributed by atoms with Gasteiger partial charge in [0.15, 0.2) is 11.6 Å². The fraction of sp³-hybridized carbons (Fsp3) is 0.625. The van der Waals surface area contributed by atoms with Crippen LogP contribution in [0, 0.1) is 11.7 Å². The van der Waals surface area contributed by atoms with Crippen molar-refractivity contribution in [2.45, 2.75) is 37.8 Å². The minimum atomic E-state index is -0.276. The second kappa shape index (κ2) is 5.70. The van der Waals surface area contributed by atoms with Crippen LogP contribution in [0.25, 0.3) is 0 Å². The number of hydrogen-bond donors (Lipinski definition) is 1. The van der Waals surface area contributed by atoms with Crippen molar-refractivity contribution in [3.8, 4) is 5.75 Å². The Bertz CT molecular complexity index is 476. The third kappa shape index (κ3) is 2.54. The third-order valence-electron chi connectivity index (χ3n) is 4.63. The summed E-state index contributed by atoms with van der Waals surface area (Å²) in [6.07, 6.45) is 4.88. The van der Waals surface area contributed by atoms with E-state index in [2.05, 4.69) is 4.90 Å². The maximum Gasteiger partial charge on any atom is 0.165 e. The molecular formula is C16H23FN2O. The van der Waals surface area contributed by atoms with Gasteiger partial charge in [-0.15, -0.1) is 0 Å². The highest BCUT2D eigenvalue weighted by molar-refractivity contribution is 5.32. The number of nitrogens with two attached hydrogens (primary N) is 1. The zero-order chi connectivity index (χ0) is 14.1. The molecule has 1 aromatic carbocycles. The van der Waals surface area contributed by atoms with Crippen LogP contribution < -0.4 is 10.5 Å². The van der Waals surface area contributed by atoms with Gasteiger partial charge in [0.05, 0.1) is 7.11 Å². The molecule has 0 spiro atoms. The maximum absolute atomic E-state index is 14.0. The standard InChI is InChI=1S/C16H23FN2O/c1-20-15-7-4-11(9-14(15)17)16-12(10-18)3-2-8-19(16)13-5-6-13/h4,7,9,12-13,16H,2-3,5-6,8,10,18H2,1H3. The molecule has 1 aliphatic carbocycles. The Morgan fingerprint density at radius 3 is 2.75 bits per heavy atom. The zero-order valence-electron chi connectivity index (χ0n) is 12.0. The maximum atomic E-state index is 14.0. The van der Waals surface area contributed by atoms with Crippen LogP contribution in [0.15, 0.2) is 18.2 Å². The summed E-state index contributed by atoms with van der Waals surface area (Å²) < 4.78 is 19.0. The SMILES string of the molecule is COc1ccc(C2C(CN)CCCN2C2CC2)cc1F. The first-order valence-electron chi connectivity index (χ1n) is 7.54. The van der Waals surface area contributed by atoms with E-state index >= 15 is 0 Å². The molecule has 2 N–H and O–H groups in total. The summed E-state index contributed by atoms with van der Waals surface area (Å²) in [5, 5.41) is 0. The van der Waals surface area contributed by atoms with E-state index in [9.17, 15) is 4.39 Å². The van der Waals surface area contributed by atoms with Crippen LogP contribution in [-0.2, 0) is 0 Å². The number of benzene rings is 1. The molecule has 2 fully saturated rings. The summed E-state index contributed by atoms with van der Waals surface area (Å²) in [6.45, 7) is 1.78. The fourth-order valence-electron chi connectivity index (χ4n) is 3.50. The fourth-order valence-corrected chi connectivity index (χ4v) is 3.50. The first-order valence-corrected chi connectivity index (χ1v) is 7.54. The molecule has 1 aromatic rings. The molecule has 2 aliphatic rings. The molecule has 0 bridgehead atoms. The van der Waals surface area contributed by atoms with Gasteiger partial charge in [-0.1, -0.05) is 6.07 Å². The van der Waals surface area contributed by atoms with Gasteiger partial charge in [0.25, 0.3) is 0 Å². The smallest absolute Gasteiger partial charge is 0.165 e. The quantitative estimate of drug-likeness (QED) is 0.920. The van der Waals surface area contributed by atoms with E-state index in [0.29, 0.717) is 24.3 Å². The number of nitrogens with zero attached hydrogens (tertiary/aromatic N) is 1. The molecular weight excluding hydrogens is 255 g/mol. The largest absolute Gasteiger partial charge is 0.494 e. The van der Waals surface area contributed by atoms with Crippen LogP contribution in [0.1, 0.15) is 37.3 Å². The summed E-state index contributed by atoms with van der Waals surface area (Å²) in [4.78, 5) is 2.54. The van der Waals surface area contributed by atoms with E-state index in [1.54, 1.807) is 12.1 Å². The summed E-state index contributed by atoms with van der Waals surface area (Å²) >= 11 is 0. The van der Waals surface area contributed by atoms with Gasteiger partial charge in [-0.25, -0.2) is 4.39 Å². The van der Waals surface area contributed by atoms with Crippen molar-refractivity contribution in [2.24, 2.45) is 11.7 Å². The van der Waals surface area contributed by atoms with Gasteiger partial charge < -0.3 is 10.5 Å². The molecule has 3 rings (SSSR count). The monoisotopic (exact) mass is 278 g/mol. The average Bonchev–Trinajstić information content (AvgIpc) is 3.31. The van der Waals surface area contributed by atoms with E-state index in [1.165, 1.54) is 26.4 Å². The van der Waals surface area contributed by atoms with E-state index in [-0.39, 0.29) is 11.9 Å². The van der Waals surface area contributed by atoms with Crippen LogP contribution in [-0.4, -0.2) is 31.1 Å². The highest BCUT2D eigenvalue weighted by Gasteiger charge is 2.40. The van der Waals surface area contributed by atoms with Crippen molar-refractivity contribution in [3.63, 3.8) is 0 Å². The third-order valence-corrected chi connectivity index (χ3v) is 4.63. The predicted molar refractivity (Wildman–Crippen MR) is 77.2 cm³/mol. The van der Waals surface area contributed by atoms with Crippen LogP contribution in [0.3, 0.4) is 0 Å². The second-order valence-electron chi connectivity index (χ2n) is 5.95. The zero-order valence-corrected chi connectivity index (χ0v) is 12.0. The van der Waals surface area contributed by atoms with Gasteiger partial charge in [0.1, 0.15) is 0 Å². The van der Waals surface area contributed by atoms with Crippen molar-refractivity contribution < 1.29 is 9.13 Å². The van der Waals surface area contributed by atoms with Gasteiger partial charge in [-0.3, -0.25) is 4.90 Å². The van der Waals surface area contributed by atoms with Gasteiger partial charge in [0.2, 0.25) is 0 Å². The number of likely N-dealkylation sites (tertiary alicyclic amines) is 1. The molecule has 4 heteroatoms. The molecule has 1 saturated heterocycles. The molecule has 1 saturated carbocycles. The molecule has 0 radical (unpaired) electrons. The number of rotatable bonds is 4. The van der Waals surface area contributed by atoms with Crippen LogP contribution in [0.4, 0.5) is 4.39 Å². The number of methoxy groups -OCH3 is 1. The summed E-state index contributed by atoms with van der Waals surface area (Å²) in [6, 6.07) is 6.31. The molecule has 3 nitrogen and oxygen atoms in total. The Labute approximate surface area is 119 Å². The van der Waals surface area contributed by atoms with Crippen molar-refractivity contribution in [2.75, 3.05) is 20.2 Å². The number of hydrogen-bond acceptors (Lipinski definition) is 3. The van der Waals surface area contributed by atoms with E-state index < -0.39 is 0 Å². The van der Waals surface area contributed by atoms with Gasteiger partial charge in [-0.05, 0) is 62.4 Å². The highest BCUT2D eigenvalue weighted by atomic mass is 19.1. The van der Waals surface area contributed by atoms with E-state index in [1.807, 2.05) is 6.07 Å². The van der Waals surface area contributed by atoms with E-state index in [4.69, 9.17) is 10.5 Å². The minimum Gasteiger partial charge on any atom is -0.494 e. The molecule has 0 amide bonds. The summed E-state index contributed by atoms with van der Waals surface area (Å²) in [5.74, 6) is 0.464. The Morgan fingerprint density at radius 1 is 1.35 bits per heavy atom. The summed E-state index contributed by atoms with van der Waals surface area (Å²) in [5.41, 5.74) is 7.01. The number of halogens is 1. The molecule has 2 unspecified atom stereocenters. The lowest BCUT2D eigenvalue weighted by molar-refractivity contribution is 0.0877. The number of ether oxygens (including phenoxy) is 1. The van der Waals surface area contributed by atoms with Gasteiger partial charge in [0, 0.05) is 12.1 Å². The van der Waals surface area contributed by atoms with Crippen molar-refractivity contribution >= 4 is 0 Å². The van der Waals surface area contributed by atoms with Crippen LogP contribution >= 0.6 is 0 Å². The lowest BCUT2D eigenvalue weighted by atomic mass is 9.84. The second-order valence-corrected chi connectivity index (χ2v) is 5.95. The number of piperidine rings is 1. The first kappa shape index (κ1) is 13.8. The average molecular weight is 278 g/mol. The van der Waals surface area contributed by atoms with Crippen molar-refractivity contribution in [3.05, 3.63) is 29.6 Å². The van der Waals surface area contributed by atoms with Crippen LogP contribution in [0.5, 0.6) is 5.75 Å². The normalized spacial score (nSPS) is 27.6. The molecule has 0 aromatic heterocycles. The Balaban J connectivity index is 1.91. The van der Waals surface area contributed by atoms with E-state index in [0.717, 1.165) is 18.5 Å². The Morgan fingerprint density at radius 2 is 2.15 bits per heavy atom. The predicted octanol–water partition coefficient (Wildman–Crippen LogP) is 2.71. The van der Waals surface area contributed by atoms with Crippen LogP contribution in [0.2, 0.25) is 0 Å². The minimum absolute atomic E-state index is 0.265. The molecule has 1 aliphatic heterocycles. The molecule has 2 atom stereocenters.